The van der Waals surface area contributed by atoms with Gasteiger partial charge in [-0.2, -0.15) is 0 Å². The van der Waals surface area contributed by atoms with Gasteiger partial charge in [0.15, 0.2) is 0 Å². The summed E-state index contributed by atoms with van der Waals surface area (Å²) in [5, 5.41) is 9.46. The van der Waals surface area contributed by atoms with Gasteiger partial charge < -0.3 is 5.11 Å². The van der Waals surface area contributed by atoms with Crippen LogP contribution in [0.15, 0.2) is 12.1 Å². The fourth-order valence-electron chi connectivity index (χ4n) is 2.88. The van der Waals surface area contributed by atoms with Crippen LogP contribution in [0, 0.1) is 19.7 Å². The lowest BCUT2D eigenvalue weighted by atomic mass is 9.77. The summed E-state index contributed by atoms with van der Waals surface area (Å²) in [4.78, 5) is 11.5. The zero-order chi connectivity index (χ0) is 12.6. The van der Waals surface area contributed by atoms with E-state index >= 15 is 0 Å². The minimum Gasteiger partial charge on any atom is -0.481 e. The Bertz CT molecular complexity index is 460. The second-order valence-electron chi connectivity index (χ2n) is 5.04. The molecule has 92 valence electrons. The van der Waals surface area contributed by atoms with E-state index in [0.717, 1.165) is 18.4 Å². The zero-order valence-corrected chi connectivity index (χ0v) is 10.2. The molecule has 2 rings (SSSR count). The third kappa shape index (κ3) is 1.84. The molecule has 3 heteroatoms. The van der Waals surface area contributed by atoms with Gasteiger partial charge in [-0.1, -0.05) is 30.5 Å². The highest BCUT2D eigenvalue weighted by Gasteiger charge is 2.44. The number of halogens is 1. The van der Waals surface area contributed by atoms with E-state index in [2.05, 4.69) is 0 Å². The second kappa shape index (κ2) is 4.13. The number of aryl methyl sites for hydroxylation is 2. The Morgan fingerprint density at radius 1 is 1.29 bits per heavy atom. The lowest BCUT2D eigenvalue weighted by Gasteiger charge is -2.26. The van der Waals surface area contributed by atoms with Gasteiger partial charge in [-0.25, -0.2) is 4.39 Å². The minimum absolute atomic E-state index is 0.347. The summed E-state index contributed by atoms with van der Waals surface area (Å²) in [6.07, 6.45) is 2.81. The van der Waals surface area contributed by atoms with Crippen molar-refractivity contribution >= 4 is 5.97 Å². The average Bonchev–Trinajstić information content (AvgIpc) is 2.73. The van der Waals surface area contributed by atoms with E-state index in [0.29, 0.717) is 24.0 Å². The van der Waals surface area contributed by atoms with Gasteiger partial charge >= 0.3 is 5.97 Å². The number of benzene rings is 1. The number of hydrogen-bond donors (Lipinski definition) is 1. The molecule has 0 atom stereocenters. The molecule has 2 nitrogen and oxygen atoms in total. The minimum atomic E-state index is -0.999. The maximum atomic E-state index is 14.2. The largest absolute Gasteiger partial charge is 0.481 e. The summed E-state index contributed by atoms with van der Waals surface area (Å²) in [5.74, 6) is -1.24. The molecule has 1 aromatic carbocycles. The van der Waals surface area contributed by atoms with Crippen molar-refractivity contribution in [2.75, 3.05) is 0 Å². The van der Waals surface area contributed by atoms with E-state index in [1.807, 2.05) is 6.92 Å². The zero-order valence-electron chi connectivity index (χ0n) is 10.2. The quantitative estimate of drug-likeness (QED) is 0.855. The van der Waals surface area contributed by atoms with E-state index in [1.54, 1.807) is 19.1 Å². The smallest absolute Gasteiger partial charge is 0.314 e. The Hall–Kier alpha value is -1.38. The molecule has 1 saturated carbocycles. The van der Waals surface area contributed by atoms with Gasteiger partial charge in [0.25, 0.3) is 0 Å². The van der Waals surface area contributed by atoms with E-state index in [-0.39, 0.29) is 5.82 Å². The molecule has 1 fully saturated rings. The van der Waals surface area contributed by atoms with E-state index in [4.69, 9.17) is 0 Å². The molecule has 0 saturated heterocycles. The number of rotatable bonds is 2. The van der Waals surface area contributed by atoms with Gasteiger partial charge in [0.05, 0.1) is 5.41 Å². The van der Waals surface area contributed by atoms with Crippen LogP contribution >= 0.6 is 0 Å². The van der Waals surface area contributed by atoms with Crippen LogP contribution in [0.25, 0.3) is 0 Å². The highest BCUT2D eigenvalue weighted by molar-refractivity contribution is 5.82. The molecule has 0 unspecified atom stereocenters. The molecule has 1 aliphatic rings. The molecule has 0 spiro atoms. The third-order valence-electron chi connectivity index (χ3n) is 3.78. The van der Waals surface area contributed by atoms with Crippen molar-refractivity contribution in [2.45, 2.75) is 44.9 Å². The first-order chi connectivity index (χ1) is 7.97. The number of aliphatic carboxylic acids is 1. The highest BCUT2D eigenvalue weighted by Crippen LogP contribution is 2.43. The summed E-state index contributed by atoms with van der Waals surface area (Å²) >= 11 is 0. The molecular weight excluding hydrogens is 219 g/mol. The van der Waals surface area contributed by atoms with Crippen LogP contribution in [0.3, 0.4) is 0 Å². The van der Waals surface area contributed by atoms with Crippen molar-refractivity contribution in [3.8, 4) is 0 Å². The van der Waals surface area contributed by atoms with Gasteiger partial charge in [0.1, 0.15) is 5.82 Å². The molecular formula is C14H17FO2. The maximum Gasteiger partial charge on any atom is 0.314 e. The van der Waals surface area contributed by atoms with E-state index in [9.17, 15) is 14.3 Å². The van der Waals surface area contributed by atoms with Crippen molar-refractivity contribution in [2.24, 2.45) is 0 Å². The normalized spacial score (nSPS) is 18.3. The molecule has 0 radical (unpaired) electrons. The Balaban J connectivity index is 2.62. The lowest BCUT2D eigenvalue weighted by molar-refractivity contribution is -0.143. The van der Waals surface area contributed by atoms with Crippen LogP contribution in [-0.4, -0.2) is 11.1 Å². The van der Waals surface area contributed by atoms with Crippen molar-refractivity contribution in [3.63, 3.8) is 0 Å². The molecule has 17 heavy (non-hydrogen) atoms. The van der Waals surface area contributed by atoms with Crippen molar-refractivity contribution in [3.05, 3.63) is 34.6 Å². The standard InChI is InChI=1S/C14H17FO2/c1-9-7-10(2)12(15)11(8-9)14(13(16)17)5-3-4-6-14/h7-8H,3-6H2,1-2H3,(H,16,17). The highest BCUT2D eigenvalue weighted by atomic mass is 19.1. The SMILES string of the molecule is Cc1cc(C)c(F)c(C2(C(=O)O)CCCC2)c1. The molecule has 0 amide bonds. The Morgan fingerprint density at radius 3 is 2.41 bits per heavy atom. The topological polar surface area (TPSA) is 37.3 Å². The molecule has 1 aliphatic carbocycles. The summed E-state index contributed by atoms with van der Waals surface area (Å²) in [5.41, 5.74) is 0.833. The fraction of sp³-hybridized carbons (Fsp3) is 0.500. The van der Waals surface area contributed by atoms with Gasteiger partial charge in [0.2, 0.25) is 0 Å². The van der Waals surface area contributed by atoms with Crippen LogP contribution in [-0.2, 0) is 10.2 Å². The summed E-state index contributed by atoms with van der Waals surface area (Å²) in [7, 11) is 0. The Labute approximate surface area is 100 Å². The van der Waals surface area contributed by atoms with Crippen molar-refractivity contribution in [1.29, 1.82) is 0 Å². The molecule has 0 heterocycles. The van der Waals surface area contributed by atoms with Crippen molar-refractivity contribution in [1.82, 2.24) is 0 Å². The summed E-state index contributed by atoms with van der Waals surface area (Å²) in [6.45, 7) is 3.57. The van der Waals surface area contributed by atoms with Gasteiger partial charge in [0, 0.05) is 5.56 Å². The average molecular weight is 236 g/mol. The first kappa shape index (κ1) is 12.1. The predicted octanol–water partition coefficient (Wildman–Crippen LogP) is 3.34. The molecule has 0 aromatic heterocycles. The van der Waals surface area contributed by atoms with Crippen LogP contribution < -0.4 is 0 Å². The number of carboxylic acids is 1. The number of hydrogen-bond acceptors (Lipinski definition) is 1. The van der Waals surface area contributed by atoms with Gasteiger partial charge in [-0.05, 0) is 32.3 Å². The Kier molecular flexibility index (Phi) is 2.94. The maximum absolute atomic E-state index is 14.2. The van der Waals surface area contributed by atoms with Crippen LogP contribution in [0.1, 0.15) is 42.4 Å². The number of carbonyl (C=O) groups is 1. The van der Waals surface area contributed by atoms with Crippen molar-refractivity contribution < 1.29 is 14.3 Å². The lowest BCUT2D eigenvalue weighted by Crippen LogP contribution is -2.34. The summed E-state index contributed by atoms with van der Waals surface area (Å²) in [6, 6.07) is 3.45. The predicted molar refractivity (Wildman–Crippen MR) is 63.7 cm³/mol. The number of carboxylic acid groups (broad SMARTS) is 1. The van der Waals surface area contributed by atoms with Crippen LogP contribution in [0.4, 0.5) is 4.39 Å². The molecule has 0 aliphatic heterocycles. The van der Waals surface area contributed by atoms with Gasteiger partial charge in [-0.15, -0.1) is 0 Å². The van der Waals surface area contributed by atoms with E-state index in [1.165, 1.54) is 0 Å². The van der Waals surface area contributed by atoms with E-state index < -0.39 is 11.4 Å². The first-order valence-electron chi connectivity index (χ1n) is 5.98. The summed E-state index contributed by atoms with van der Waals surface area (Å²) < 4.78 is 14.2. The van der Waals surface area contributed by atoms with Crippen LogP contribution in [0.2, 0.25) is 0 Å². The van der Waals surface area contributed by atoms with Crippen LogP contribution in [0.5, 0.6) is 0 Å². The molecule has 0 bridgehead atoms. The Morgan fingerprint density at radius 2 is 1.88 bits per heavy atom. The molecule has 1 aromatic rings. The third-order valence-corrected chi connectivity index (χ3v) is 3.78. The second-order valence-corrected chi connectivity index (χ2v) is 5.04. The molecule has 1 N–H and O–H groups in total. The fourth-order valence-corrected chi connectivity index (χ4v) is 2.88. The first-order valence-corrected chi connectivity index (χ1v) is 5.98. The van der Waals surface area contributed by atoms with Gasteiger partial charge in [-0.3, -0.25) is 4.79 Å². The monoisotopic (exact) mass is 236 g/mol.